The molecule has 0 aliphatic rings. The van der Waals surface area contributed by atoms with Gasteiger partial charge in [-0.3, -0.25) is 14.3 Å². The van der Waals surface area contributed by atoms with Gasteiger partial charge in [0.2, 0.25) is 11.8 Å². The number of para-hydroxylation sites is 1. The number of anilines is 1. The number of nitrogens with zero attached hydrogens (tertiary/aromatic N) is 3. The summed E-state index contributed by atoms with van der Waals surface area (Å²) in [7, 11) is 3.61. The van der Waals surface area contributed by atoms with Crippen LogP contribution >= 0.6 is 0 Å². The van der Waals surface area contributed by atoms with E-state index >= 15 is 0 Å². The van der Waals surface area contributed by atoms with Crippen LogP contribution in [0.1, 0.15) is 29.4 Å². The smallest absolute Gasteiger partial charge is 0.228 e. The Hall–Kier alpha value is -2.63. The van der Waals surface area contributed by atoms with Crippen molar-refractivity contribution in [1.82, 2.24) is 14.7 Å². The Kier molecular flexibility index (Phi) is 5.39. The topological polar surface area (TPSA) is 67.2 Å². The van der Waals surface area contributed by atoms with E-state index < -0.39 is 0 Å². The fourth-order valence-corrected chi connectivity index (χ4v) is 2.58. The molecule has 1 heterocycles. The van der Waals surface area contributed by atoms with E-state index in [0.29, 0.717) is 6.54 Å². The van der Waals surface area contributed by atoms with Crippen molar-refractivity contribution < 1.29 is 9.59 Å². The summed E-state index contributed by atoms with van der Waals surface area (Å²) in [6.45, 7) is 5.84. The molecule has 1 aromatic heterocycles. The Morgan fingerprint density at radius 1 is 1.25 bits per heavy atom. The summed E-state index contributed by atoms with van der Waals surface area (Å²) >= 11 is 0. The van der Waals surface area contributed by atoms with Crippen LogP contribution in [0.3, 0.4) is 0 Å². The van der Waals surface area contributed by atoms with E-state index in [0.717, 1.165) is 28.2 Å². The van der Waals surface area contributed by atoms with Crippen molar-refractivity contribution in [3.05, 3.63) is 46.8 Å². The third-order valence-electron chi connectivity index (χ3n) is 4.23. The molecule has 0 bridgehead atoms. The number of rotatable bonds is 5. The average Bonchev–Trinajstić information content (AvgIpc) is 2.75. The lowest BCUT2D eigenvalue weighted by Gasteiger charge is -2.18. The highest BCUT2D eigenvalue weighted by atomic mass is 16.2. The number of carbonyl (C=O) groups is 2. The molecule has 24 heavy (non-hydrogen) atoms. The summed E-state index contributed by atoms with van der Waals surface area (Å²) in [5.41, 5.74) is 4.45. The van der Waals surface area contributed by atoms with E-state index in [-0.39, 0.29) is 18.2 Å². The van der Waals surface area contributed by atoms with Crippen LogP contribution in [0.15, 0.2) is 24.3 Å². The lowest BCUT2D eigenvalue weighted by Crippen LogP contribution is -2.24. The SMILES string of the molecule is CC(=O)N(C)Cc1ccccc1NC(=O)Cc1c(C)nn(C)c1C. The number of nitrogens with one attached hydrogen (secondary N) is 1. The number of carbonyl (C=O) groups excluding carboxylic acids is 2. The lowest BCUT2D eigenvalue weighted by atomic mass is 10.1. The van der Waals surface area contributed by atoms with Gasteiger partial charge in [0.25, 0.3) is 0 Å². The van der Waals surface area contributed by atoms with Crippen molar-refractivity contribution in [2.75, 3.05) is 12.4 Å². The molecule has 1 aromatic carbocycles. The fraction of sp³-hybridized carbons (Fsp3) is 0.389. The van der Waals surface area contributed by atoms with E-state index in [4.69, 9.17) is 0 Å². The molecule has 0 atom stereocenters. The van der Waals surface area contributed by atoms with Crippen molar-refractivity contribution in [1.29, 1.82) is 0 Å². The molecule has 0 radical (unpaired) electrons. The standard InChI is InChI=1S/C18H24N4O2/c1-12-16(13(2)22(5)20-12)10-18(24)19-17-9-7-6-8-15(17)11-21(4)14(3)23/h6-9H,10-11H2,1-5H3,(H,19,24). The second-order valence-corrected chi connectivity index (χ2v) is 6.03. The first-order valence-corrected chi connectivity index (χ1v) is 7.88. The summed E-state index contributed by atoms with van der Waals surface area (Å²) < 4.78 is 1.79. The summed E-state index contributed by atoms with van der Waals surface area (Å²) in [5.74, 6) is -0.107. The predicted octanol–water partition coefficient (Wildman–Crippen LogP) is 2.20. The number of hydrogen-bond acceptors (Lipinski definition) is 3. The molecule has 0 spiro atoms. The Balaban J connectivity index is 2.13. The molecular formula is C18H24N4O2. The molecule has 6 heteroatoms. The van der Waals surface area contributed by atoms with Crippen LogP contribution in [0.2, 0.25) is 0 Å². The maximum absolute atomic E-state index is 12.4. The first-order chi connectivity index (χ1) is 11.3. The summed E-state index contributed by atoms with van der Waals surface area (Å²) in [6, 6.07) is 7.53. The van der Waals surface area contributed by atoms with E-state index in [1.165, 1.54) is 6.92 Å². The van der Waals surface area contributed by atoms with E-state index in [1.54, 1.807) is 16.6 Å². The van der Waals surface area contributed by atoms with Crippen LogP contribution in [0.4, 0.5) is 5.69 Å². The van der Waals surface area contributed by atoms with Crippen LogP contribution in [-0.4, -0.2) is 33.5 Å². The highest BCUT2D eigenvalue weighted by Crippen LogP contribution is 2.18. The van der Waals surface area contributed by atoms with Gasteiger partial charge in [-0.25, -0.2) is 0 Å². The zero-order valence-electron chi connectivity index (χ0n) is 14.9. The summed E-state index contributed by atoms with van der Waals surface area (Å²) in [4.78, 5) is 25.5. The Bertz CT molecular complexity index is 764. The third-order valence-corrected chi connectivity index (χ3v) is 4.23. The van der Waals surface area contributed by atoms with Gasteiger partial charge in [0.15, 0.2) is 0 Å². The van der Waals surface area contributed by atoms with Crippen LogP contribution in [0.25, 0.3) is 0 Å². The van der Waals surface area contributed by atoms with E-state index in [1.807, 2.05) is 45.2 Å². The molecule has 0 saturated heterocycles. The minimum absolute atomic E-state index is 0.0160. The molecule has 0 unspecified atom stereocenters. The van der Waals surface area contributed by atoms with E-state index in [2.05, 4.69) is 10.4 Å². The highest BCUT2D eigenvalue weighted by Gasteiger charge is 2.15. The van der Waals surface area contributed by atoms with Gasteiger partial charge in [0.05, 0.1) is 12.1 Å². The first kappa shape index (κ1) is 17.7. The molecule has 0 fully saturated rings. The van der Waals surface area contributed by atoms with Crippen molar-refractivity contribution >= 4 is 17.5 Å². The second kappa shape index (κ2) is 7.29. The fourth-order valence-electron chi connectivity index (χ4n) is 2.58. The van der Waals surface area contributed by atoms with Gasteiger partial charge < -0.3 is 10.2 Å². The van der Waals surface area contributed by atoms with Crippen molar-refractivity contribution in [2.45, 2.75) is 33.7 Å². The number of amides is 2. The third kappa shape index (κ3) is 4.01. The number of aromatic nitrogens is 2. The summed E-state index contributed by atoms with van der Waals surface area (Å²) in [6.07, 6.45) is 0.280. The Morgan fingerprint density at radius 3 is 2.50 bits per heavy atom. The highest BCUT2D eigenvalue weighted by molar-refractivity contribution is 5.93. The lowest BCUT2D eigenvalue weighted by molar-refractivity contribution is -0.128. The molecule has 2 aromatic rings. The number of aryl methyl sites for hydroxylation is 2. The van der Waals surface area contributed by atoms with Crippen molar-refractivity contribution in [3.63, 3.8) is 0 Å². The van der Waals surface area contributed by atoms with Crippen molar-refractivity contribution in [3.8, 4) is 0 Å². The van der Waals surface area contributed by atoms with Gasteiger partial charge in [-0.15, -0.1) is 0 Å². The monoisotopic (exact) mass is 328 g/mol. The van der Waals surface area contributed by atoms with E-state index in [9.17, 15) is 9.59 Å². The largest absolute Gasteiger partial charge is 0.342 e. The predicted molar refractivity (Wildman–Crippen MR) is 93.6 cm³/mol. The molecule has 0 saturated carbocycles. The Morgan fingerprint density at radius 2 is 1.92 bits per heavy atom. The quantitative estimate of drug-likeness (QED) is 0.915. The molecule has 0 aliphatic heterocycles. The van der Waals surface area contributed by atoms with Crippen LogP contribution < -0.4 is 5.32 Å². The van der Waals surface area contributed by atoms with Gasteiger partial charge in [0, 0.05) is 44.5 Å². The molecule has 1 N–H and O–H groups in total. The minimum Gasteiger partial charge on any atom is -0.342 e. The van der Waals surface area contributed by atoms with Crippen molar-refractivity contribution in [2.24, 2.45) is 7.05 Å². The molecule has 2 amide bonds. The van der Waals surface area contributed by atoms with Crippen LogP contribution in [0.5, 0.6) is 0 Å². The molecule has 0 aliphatic carbocycles. The first-order valence-electron chi connectivity index (χ1n) is 7.88. The van der Waals surface area contributed by atoms with Crippen LogP contribution in [0, 0.1) is 13.8 Å². The molecule has 6 nitrogen and oxygen atoms in total. The van der Waals surface area contributed by atoms with Gasteiger partial charge in [-0.2, -0.15) is 5.10 Å². The molecular weight excluding hydrogens is 304 g/mol. The van der Waals surface area contributed by atoms with Gasteiger partial charge in [-0.05, 0) is 25.5 Å². The zero-order chi connectivity index (χ0) is 17.9. The zero-order valence-corrected chi connectivity index (χ0v) is 14.9. The number of benzene rings is 1. The van der Waals surface area contributed by atoms with Crippen LogP contribution in [-0.2, 0) is 29.6 Å². The molecule has 128 valence electrons. The molecule has 2 rings (SSSR count). The summed E-state index contributed by atoms with van der Waals surface area (Å²) in [5, 5.41) is 7.29. The average molecular weight is 328 g/mol. The normalized spacial score (nSPS) is 10.5. The Labute approximate surface area is 142 Å². The van der Waals surface area contributed by atoms with Gasteiger partial charge in [0.1, 0.15) is 0 Å². The van der Waals surface area contributed by atoms with Gasteiger partial charge >= 0.3 is 0 Å². The maximum Gasteiger partial charge on any atom is 0.228 e. The minimum atomic E-state index is -0.0906. The second-order valence-electron chi connectivity index (χ2n) is 6.03. The number of hydrogen-bond donors (Lipinski definition) is 1. The van der Waals surface area contributed by atoms with Gasteiger partial charge in [-0.1, -0.05) is 18.2 Å². The maximum atomic E-state index is 12.4.